The van der Waals surface area contributed by atoms with Gasteiger partial charge in [-0.1, -0.05) is 26.0 Å². The zero-order chi connectivity index (χ0) is 16.6. The van der Waals surface area contributed by atoms with Crippen molar-refractivity contribution in [2.24, 2.45) is 5.92 Å². The molecule has 0 aliphatic carbocycles. The van der Waals surface area contributed by atoms with Gasteiger partial charge in [-0.2, -0.15) is 0 Å². The van der Waals surface area contributed by atoms with E-state index in [1.807, 2.05) is 38.1 Å². The Labute approximate surface area is 133 Å². The largest absolute Gasteiger partial charge is 0.475 e. The summed E-state index contributed by atoms with van der Waals surface area (Å²) in [4.78, 5) is 25.3. The Morgan fingerprint density at radius 3 is 2.70 bits per heavy atom. The van der Waals surface area contributed by atoms with Crippen LogP contribution in [0, 0.1) is 5.92 Å². The first-order valence-electron chi connectivity index (χ1n) is 7.46. The van der Waals surface area contributed by atoms with Crippen molar-refractivity contribution in [2.75, 3.05) is 10.2 Å². The molecule has 6 nitrogen and oxygen atoms in total. The number of para-hydroxylation sites is 2. The van der Waals surface area contributed by atoms with Gasteiger partial charge in [-0.05, 0) is 30.2 Å². The molecule has 1 aliphatic rings. The Kier molecular flexibility index (Phi) is 3.82. The van der Waals surface area contributed by atoms with Crippen LogP contribution in [0.1, 0.15) is 30.2 Å². The van der Waals surface area contributed by atoms with Crippen LogP contribution in [0.15, 0.2) is 40.8 Å². The Hall–Kier alpha value is -2.76. The Bertz CT molecular complexity index is 751. The maximum Gasteiger partial charge on any atom is 0.371 e. The number of aromatic carboxylic acids is 1. The van der Waals surface area contributed by atoms with Crippen LogP contribution in [-0.2, 0) is 11.3 Å². The molecule has 120 valence electrons. The molecule has 0 saturated carbocycles. The first kappa shape index (κ1) is 15.1. The fraction of sp³-hybridized carbons (Fsp3) is 0.294. The van der Waals surface area contributed by atoms with Crippen molar-refractivity contribution in [3.05, 3.63) is 47.9 Å². The third kappa shape index (κ3) is 2.79. The van der Waals surface area contributed by atoms with E-state index in [0.29, 0.717) is 5.76 Å². The fourth-order valence-electron chi connectivity index (χ4n) is 2.70. The number of carboxylic acids is 1. The zero-order valence-corrected chi connectivity index (χ0v) is 12.9. The number of rotatable bonds is 4. The third-order valence-electron chi connectivity index (χ3n) is 3.89. The van der Waals surface area contributed by atoms with E-state index in [2.05, 4.69) is 5.32 Å². The standard InChI is InChI=1S/C17H18N2O4/c1-10(2)15-16(20)19(13-6-4-3-5-12(13)18-15)9-11-7-8-14(23-11)17(21)22/h3-8,10,15,18H,9H2,1-2H3,(H,21,22). The van der Waals surface area contributed by atoms with E-state index in [-0.39, 0.29) is 30.2 Å². The number of benzene rings is 1. The molecular weight excluding hydrogens is 296 g/mol. The normalized spacial score (nSPS) is 17.1. The van der Waals surface area contributed by atoms with Crippen LogP contribution in [-0.4, -0.2) is 23.0 Å². The number of nitrogens with one attached hydrogen (secondary N) is 1. The lowest BCUT2D eigenvalue weighted by Gasteiger charge is -2.36. The van der Waals surface area contributed by atoms with Gasteiger partial charge in [-0.15, -0.1) is 0 Å². The highest BCUT2D eigenvalue weighted by Gasteiger charge is 2.34. The lowest BCUT2D eigenvalue weighted by atomic mass is 9.99. The van der Waals surface area contributed by atoms with Gasteiger partial charge >= 0.3 is 5.97 Å². The molecule has 2 N–H and O–H groups in total. The van der Waals surface area contributed by atoms with Crippen LogP contribution in [0.2, 0.25) is 0 Å². The van der Waals surface area contributed by atoms with Gasteiger partial charge in [0.1, 0.15) is 11.8 Å². The highest BCUT2D eigenvalue weighted by Crippen LogP contribution is 2.34. The molecule has 1 atom stereocenters. The molecule has 0 bridgehead atoms. The van der Waals surface area contributed by atoms with Crippen molar-refractivity contribution in [1.29, 1.82) is 0 Å². The summed E-state index contributed by atoms with van der Waals surface area (Å²) < 4.78 is 5.29. The summed E-state index contributed by atoms with van der Waals surface area (Å²) in [6.07, 6.45) is 0. The van der Waals surface area contributed by atoms with E-state index in [0.717, 1.165) is 11.4 Å². The zero-order valence-electron chi connectivity index (χ0n) is 12.9. The summed E-state index contributed by atoms with van der Waals surface area (Å²) in [6, 6.07) is 10.2. The number of carboxylic acid groups (broad SMARTS) is 1. The van der Waals surface area contributed by atoms with Crippen molar-refractivity contribution in [3.63, 3.8) is 0 Å². The summed E-state index contributed by atoms with van der Waals surface area (Å²) in [6.45, 7) is 4.17. The molecule has 0 saturated heterocycles. The van der Waals surface area contributed by atoms with Crippen molar-refractivity contribution >= 4 is 23.3 Å². The van der Waals surface area contributed by atoms with Gasteiger partial charge in [0, 0.05) is 0 Å². The second-order valence-corrected chi connectivity index (χ2v) is 5.88. The molecule has 1 aliphatic heterocycles. The smallest absolute Gasteiger partial charge is 0.371 e. The van der Waals surface area contributed by atoms with Crippen molar-refractivity contribution in [3.8, 4) is 0 Å². The third-order valence-corrected chi connectivity index (χ3v) is 3.89. The first-order valence-corrected chi connectivity index (χ1v) is 7.46. The Morgan fingerprint density at radius 2 is 2.04 bits per heavy atom. The van der Waals surface area contributed by atoms with E-state index in [1.54, 1.807) is 11.0 Å². The van der Waals surface area contributed by atoms with Crippen LogP contribution in [0.5, 0.6) is 0 Å². The lowest BCUT2D eigenvalue weighted by Crippen LogP contribution is -2.49. The minimum Gasteiger partial charge on any atom is -0.475 e. The fourth-order valence-corrected chi connectivity index (χ4v) is 2.70. The van der Waals surface area contributed by atoms with Gasteiger partial charge in [-0.3, -0.25) is 4.79 Å². The van der Waals surface area contributed by atoms with Crippen LogP contribution in [0.3, 0.4) is 0 Å². The summed E-state index contributed by atoms with van der Waals surface area (Å²) in [5, 5.41) is 12.2. The van der Waals surface area contributed by atoms with E-state index >= 15 is 0 Å². The van der Waals surface area contributed by atoms with Gasteiger partial charge in [0.25, 0.3) is 0 Å². The number of hydrogen-bond acceptors (Lipinski definition) is 4. The summed E-state index contributed by atoms with van der Waals surface area (Å²) in [7, 11) is 0. The van der Waals surface area contributed by atoms with Gasteiger partial charge in [0.15, 0.2) is 0 Å². The number of nitrogens with zero attached hydrogens (tertiary/aromatic N) is 1. The molecule has 0 radical (unpaired) electrons. The number of carbonyl (C=O) groups excluding carboxylic acids is 1. The van der Waals surface area contributed by atoms with Crippen LogP contribution >= 0.6 is 0 Å². The predicted molar refractivity (Wildman–Crippen MR) is 85.5 cm³/mol. The van der Waals surface area contributed by atoms with Crippen LogP contribution in [0.4, 0.5) is 11.4 Å². The SMILES string of the molecule is CC(C)C1Nc2ccccc2N(Cc2ccc(C(=O)O)o2)C1=O. The minimum atomic E-state index is -1.12. The highest BCUT2D eigenvalue weighted by atomic mass is 16.4. The molecule has 1 amide bonds. The molecule has 2 heterocycles. The van der Waals surface area contributed by atoms with E-state index in [4.69, 9.17) is 9.52 Å². The molecule has 1 aromatic heterocycles. The number of hydrogen-bond donors (Lipinski definition) is 2. The minimum absolute atomic E-state index is 0.0491. The number of furan rings is 1. The number of fused-ring (bicyclic) bond motifs is 1. The summed E-state index contributed by atoms with van der Waals surface area (Å²) in [5.41, 5.74) is 1.65. The molecular formula is C17H18N2O4. The van der Waals surface area contributed by atoms with Gasteiger partial charge in [-0.25, -0.2) is 4.79 Å². The van der Waals surface area contributed by atoms with Gasteiger partial charge in [0.2, 0.25) is 11.7 Å². The maximum atomic E-state index is 12.8. The topological polar surface area (TPSA) is 82.8 Å². The van der Waals surface area contributed by atoms with Crippen LogP contribution in [0.25, 0.3) is 0 Å². The first-order chi connectivity index (χ1) is 11.0. The highest BCUT2D eigenvalue weighted by molar-refractivity contribution is 6.04. The van der Waals surface area contributed by atoms with Crippen molar-refractivity contribution in [2.45, 2.75) is 26.4 Å². The monoisotopic (exact) mass is 314 g/mol. The van der Waals surface area contributed by atoms with Crippen molar-refractivity contribution < 1.29 is 19.1 Å². The molecule has 3 rings (SSSR count). The van der Waals surface area contributed by atoms with Gasteiger partial charge in [0.05, 0.1) is 17.9 Å². The summed E-state index contributed by atoms with van der Waals surface area (Å²) >= 11 is 0. The van der Waals surface area contributed by atoms with E-state index in [9.17, 15) is 9.59 Å². The molecule has 1 unspecified atom stereocenters. The molecule has 0 spiro atoms. The van der Waals surface area contributed by atoms with Crippen LogP contribution < -0.4 is 10.2 Å². The second kappa shape index (κ2) is 5.79. The second-order valence-electron chi connectivity index (χ2n) is 5.88. The summed E-state index contributed by atoms with van der Waals surface area (Å²) in [5.74, 6) is -0.730. The Morgan fingerprint density at radius 1 is 1.30 bits per heavy atom. The van der Waals surface area contributed by atoms with Crippen molar-refractivity contribution in [1.82, 2.24) is 0 Å². The molecule has 2 aromatic rings. The lowest BCUT2D eigenvalue weighted by molar-refractivity contribution is -0.120. The van der Waals surface area contributed by atoms with E-state index < -0.39 is 5.97 Å². The van der Waals surface area contributed by atoms with E-state index in [1.165, 1.54) is 6.07 Å². The Balaban J connectivity index is 1.94. The average molecular weight is 314 g/mol. The maximum absolute atomic E-state index is 12.8. The quantitative estimate of drug-likeness (QED) is 0.906. The molecule has 1 aromatic carbocycles. The average Bonchev–Trinajstić information content (AvgIpc) is 2.98. The number of carbonyl (C=O) groups is 2. The molecule has 6 heteroatoms. The predicted octanol–water partition coefficient (Wildman–Crippen LogP) is 2.96. The molecule has 0 fully saturated rings. The number of anilines is 2. The number of amides is 1. The van der Waals surface area contributed by atoms with Gasteiger partial charge < -0.3 is 19.7 Å². The molecule has 23 heavy (non-hydrogen) atoms.